The van der Waals surface area contributed by atoms with E-state index in [0.717, 1.165) is 0 Å². The fraction of sp³-hybridized carbons (Fsp3) is 0.333. The monoisotopic (exact) mass is 311 g/mol. The molecule has 0 aliphatic carbocycles. The second-order valence-electron chi connectivity index (χ2n) is 2.88. The van der Waals surface area contributed by atoms with Crippen LogP contribution in [-0.2, 0) is 10.0 Å². The van der Waals surface area contributed by atoms with Crippen LogP contribution >= 0.6 is 15.9 Å². The van der Waals surface area contributed by atoms with Gasteiger partial charge in [0.05, 0.1) is 7.11 Å². The number of hydrogen-bond acceptors (Lipinski definition) is 3. The fourth-order valence-corrected chi connectivity index (χ4v) is 2.82. The Bertz CT molecular complexity index is 464. The third kappa shape index (κ3) is 3.16. The van der Waals surface area contributed by atoms with Crippen molar-refractivity contribution in [3.63, 3.8) is 0 Å². The lowest BCUT2D eigenvalue weighted by atomic mass is 10.3. The van der Waals surface area contributed by atoms with Crippen LogP contribution in [0.15, 0.2) is 27.6 Å². The summed E-state index contributed by atoms with van der Waals surface area (Å²) in [7, 11) is -2.36. The minimum atomic E-state index is -3.73. The summed E-state index contributed by atoms with van der Waals surface area (Å²) < 4.78 is 43.1. The Labute approximate surface area is 102 Å². The van der Waals surface area contributed by atoms with Gasteiger partial charge in [-0.3, -0.25) is 0 Å². The molecule has 0 amide bonds. The molecule has 7 heteroatoms. The average Bonchev–Trinajstić information content (AvgIpc) is 2.26. The maximum Gasteiger partial charge on any atom is 0.244 e. The normalized spacial score (nSPS) is 11.4. The van der Waals surface area contributed by atoms with Crippen LogP contribution in [0.5, 0.6) is 5.75 Å². The minimum absolute atomic E-state index is 0.0159. The van der Waals surface area contributed by atoms with E-state index in [1.165, 1.54) is 19.2 Å². The maximum absolute atomic E-state index is 11.9. The number of methoxy groups -OCH3 is 1. The molecule has 1 aromatic carbocycles. The predicted molar refractivity (Wildman–Crippen MR) is 61.9 cm³/mol. The molecule has 4 nitrogen and oxygen atoms in total. The summed E-state index contributed by atoms with van der Waals surface area (Å²) in [4.78, 5) is -0.0159. The Hall–Kier alpha value is -0.660. The lowest BCUT2D eigenvalue weighted by molar-refractivity contribution is 0.402. The van der Waals surface area contributed by atoms with Crippen molar-refractivity contribution in [1.29, 1.82) is 0 Å². The summed E-state index contributed by atoms with van der Waals surface area (Å²) in [6.45, 7) is -1.01. The largest absolute Gasteiger partial charge is 0.495 e. The first kappa shape index (κ1) is 13.4. The maximum atomic E-state index is 11.9. The quantitative estimate of drug-likeness (QED) is 0.900. The zero-order valence-corrected chi connectivity index (χ0v) is 10.9. The third-order valence-corrected chi connectivity index (χ3v) is 3.78. The molecule has 0 atom stereocenters. The summed E-state index contributed by atoms with van der Waals surface area (Å²) in [5, 5.41) is 0. The zero-order chi connectivity index (χ0) is 12.2. The highest BCUT2D eigenvalue weighted by Gasteiger charge is 2.19. The van der Waals surface area contributed by atoms with E-state index in [4.69, 9.17) is 4.74 Å². The van der Waals surface area contributed by atoms with Crippen molar-refractivity contribution in [2.24, 2.45) is 0 Å². The van der Waals surface area contributed by atoms with Gasteiger partial charge in [0, 0.05) is 11.0 Å². The van der Waals surface area contributed by atoms with Crippen LogP contribution in [0.2, 0.25) is 0 Å². The van der Waals surface area contributed by atoms with Crippen LogP contribution in [0.1, 0.15) is 0 Å². The summed E-state index contributed by atoms with van der Waals surface area (Å²) >= 11 is 3.16. The van der Waals surface area contributed by atoms with Crippen LogP contribution in [0.25, 0.3) is 0 Å². The van der Waals surface area contributed by atoms with Crippen LogP contribution in [0, 0.1) is 0 Å². The van der Waals surface area contributed by atoms with E-state index in [-0.39, 0.29) is 17.2 Å². The van der Waals surface area contributed by atoms with Gasteiger partial charge < -0.3 is 4.74 Å². The molecule has 1 rings (SSSR count). The van der Waals surface area contributed by atoms with Gasteiger partial charge in [-0.1, -0.05) is 15.9 Å². The van der Waals surface area contributed by atoms with Crippen molar-refractivity contribution in [1.82, 2.24) is 4.72 Å². The Morgan fingerprint density at radius 2 is 2.19 bits per heavy atom. The number of halogens is 2. The van der Waals surface area contributed by atoms with Gasteiger partial charge in [-0.05, 0) is 18.2 Å². The average molecular weight is 312 g/mol. The zero-order valence-electron chi connectivity index (χ0n) is 8.54. The number of sulfonamides is 1. The first-order valence-electron chi connectivity index (χ1n) is 4.40. The van der Waals surface area contributed by atoms with E-state index in [0.29, 0.717) is 4.47 Å². The van der Waals surface area contributed by atoms with Crippen molar-refractivity contribution in [2.75, 3.05) is 20.3 Å². The number of rotatable bonds is 5. The minimum Gasteiger partial charge on any atom is -0.495 e. The lowest BCUT2D eigenvalue weighted by Crippen LogP contribution is -2.26. The van der Waals surface area contributed by atoms with E-state index >= 15 is 0 Å². The lowest BCUT2D eigenvalue weighted by Gasteiger charge is -2.10. The molecule has 0 aliphatic heterocycles. The van der Waals surface area contributed by atoms with Gasteiger partial charge in [0.2, 0.25) is 10.0 Å². The predicted octanol–water partition coefficient (Wildman–Crippen LogP) is 1.71. The van der Waals surface area contributed by atoms with Crippen LogP contribution in [0.3, 0.4) is 0 Å². The Morgan fingerprint density at radius 1 is 1.50 bits per heavy atom. The summed E-state index contributed by atoms with van der Waals surface area (Å²) in [5.74, 6) is 0.217. The van der Waals surface area contributed by atoms with Crippen molar-refractivity contribution in [3.05, 3.63) is 22.7 Å². The molecular weight excluding hydrogens is 301 g/mol. The van der Waals surface area contributed by atoms with E-state index in [2.05, 4.69) is 20.7 Å². The van der Waals surface area contributed by atoms with Crippen LogP contribution in [-0.4, -0.2) is 28.7 Å². The first-order valence-corrected chi connectivity index (χ1v) is 6.68. The molecule has 0 unspecified atom stereocenters. The number of ether oxygens (including phenoxy) is 1. The molecule has 0 bridgehead atoms. The second kappa shape index (κ2) is 5.60. The molecule has 1 aromatic rings. The topological polar surface area (TPSA) is 55.4 Å². The molecule has 0 saturated heterocycles. The van der Waals surface area contributed by atoms with Crippen molar-refractivity contribution < 1.29 is 17.5 Å². The molecule has 0 fully saturated rings. The molecule has 0 heterocycles. The SMILES string of the molecule is COc1ccc(Br)cc1S(=O)(=O)NCCF. The highest BCUT2D eigenvalue weighted by molar-refractivity contribution is 9.10. The van der Waals surface area contributed by atoms with Gasteiger partial charge >= 0.3 is 0 Å². The summed E-state index contributed by atoms with van der Waals surface area (Å²) in [5.41, 5.74) is 0. The summed E-state index contributed by atoms with van der Waals surface area (Å²) in [6, 6.07) is 4.58. The third-order valence-electron chi connectivity index (χ3n) is 1.80. The second-order valence-corrected chi connectivity index (χ2v) is 5.53. The number of alkyl halides is 1. The van der Waals surface area contributed by atoms with E-state index in [1.54, 1.807) is 6.07 Å². The molecule has 90 valence electrons. The van der Waals surface area contributed by atoms with E-state index in [9.17, 15) is 12.8 Å². The highest BCUT2D eigenvalue weighted by Crippen LogP contribution is 2.26. The van der Waals surface area contributed by atoms with Gasteiger partial charge in [0.15, 0.2) is 0 Å². The van der Waals surface area contributed by atoms with Gasteiger partial charge in [-0.25, -0.2) is 17.5 Å². The van der Waals surface area contributed by atoms with E-state index < -0.39 is 16.7 Å². The van der Waals surface area contributed by atoms with Crippen LogP contribution < -0.4 is 9.46 Å². The van der Waals surface area contributed by atoms with Crippen molar-refractivity contribution in [3.8, 4) is 5.75 Å². The smallest absolute Gasteiger partial charge is 0.244 e. The fourth-order valence-electron chi connectivity index (χ4n) is 1.11. The standard InChI is InChI=1S/C9H11BrFNO3S/c1-15-8-3-2-7(10)6-9(8)16(13,14)12-5-4-11/h2-3,6,12H,4-5H2,1H3. The van der Waals surface area contributed by atoms with Crippen molar-refractivity contribution in [2.45, 2.75) is 4.90 Å². The molecular formula is C9H11BrFNO3S. The highest BCUT2D eigenvalue weighted by atomic mass is 79.9. The molecule has 0 radical (unpaired) electrons. The van der Waals surface area contributed by atoms with Gasteiger partial charge in [-0.15, -0.1) is 0 Å². The van der Waals surface area contributed by atoms with Gasteiger partial charge in [0.25, 0.3) is 0 Å². The number of hydrogen-bond donors (Lipinski definition) is 1. The molecule has 0 spiro atoms. The molecule has 0 saturated carbocycles. The Kier molecular flexibility index (Phi) is 4.69. The molecule has 0 aliphatic rings. The molecule has 0 aromatic heterocycles. The van der Waals surface area contributed by atoms with Crippen LogP contribution in [0.4, 0.5) is 4.39 Å². The molecule has 1 N–H and O–H groups in total. The van der Waals surface area contributed by atoms with Gasteiger partial charge in [-0.2, -0.15) is 0 Å². The summed E-state index contributed by atoms with van der Waals surface area (Å²) in [6.07, 6.45) is 0. The Morgan fingerprint density at radius 3 is 2.75 bits per heavy atom. The number of nitrogens with one attached hydrogen (secondary N) is 1. The van der Waals surface area contributed by atoms with Gasteiger partial charge in [0.1, 0.15) is 17.3 Å². The Balaban J connectivity index is 3.15. The van der Waals surface area contributed by atoms with Crippen molar-refractivity contribution >= 4 is 26.0 Å². The molecule has 16 heavy (non-hydrogen) atoms. The van der Waals surface area contributed by atoms with E-state index in [1.807, 2.05) is 0 Å². The number of benzene rings is 1. The first-order chi connectivity index (χ1) is 7.51.